The van der Waals surface area contributed by atoms with Crippen molar-refractivity contribution in [3.05, 3.63) is 29.3 Å². The van der Waals surface area contributed by atoms with Gasteiger partial charge in [0, 0.05) is 11.6 Å². The summed E-state index contributed by atoms with van der Waals surface area (Å²) >= 11 is 0. The lowest BCUT2D eigenvalue weighted by atomic mass is 9.99. The van der Waals surface area contributed by atoms with Gasteiger partial charge in [-0.1, -0.05) is 25.8 Å². The maximum absolute atomic E-state index is 12.6. The Hall–Kier alpha value is -1.23. The smallest absolute Gasteiger partial charge is 0.416 e. The highest BCUT2D eigenvalue weighted by Gasteiger charge is 2.31. The number of unbranched alkanes of at least 4 members (excludes halogenated alkanes) is 1. The van der Waals surface area contributed by atoms with Gasteiger partial charge in [-0.25, -0.2) is 0 Å². The van der Waals surface area contributed by atoms with Gasteiger partial charge < -0.3 is 10.5 Å². The van der Waals surface area contributed by atoms with E-state index >= 15 is 0 Å². The number of nitrogens with two attached hydrogens (primary N) is 1. The molecule has 0 bridgehead atoms. The molecule has 0 spiro atoms. The molecule has 102 valence electrons. The molecule has 1 atom stereocenters. The van der Waals surface area contributed by atoms with Gasteiger partial charge in [0.05, 0.1) is 12.7 Å². The molecule has 0 saturated heterocycles. The summed E-state index contributed by atoms with van der Waals surface area (Å²) in [4.78, 5) is 0. The molecule has 0 amide bonds. The summed E-state index contributed by atoms with van der Waals surface area (Å²) in [6.45, 7) is 2.04. The molecule has 2 N–H and O–H groups in total. The normalized spacial score (nSPS) is 13.4. The minimum atomic E-state index is -4.36. The number of ether oxygens (including phenoxy) is 1. The highest BCUT2D eigenvalue weighted by molar-refractivity contribution is 5.40. The number of benzene rings is 1. The number of hydrogen-bond acceptors (Lipinski definition) is 2. The molecule has 0 unspecified atom stereocenters. The van der Waals surface area contributed by atoms with Crippen molar-refractivity contribution < 1.29 is 17.9 Å². The van der Waals surface area contributed by atoms with Crippen LogP contribution in [0.4, 0.5) is 13.2 Å². The molecular weight excluding hydrogens is 243 g/mol. The minimum Gasteiger partial charge on any atom is -0.496 e. The number of hydrogen-bond donors (Lipinski definition) is 1. The Balaban J connectivity index is 3.00. The molecular formula is C13H18F3NO. The second-order valence-corrected chi connectivity index (χ2v) is 4.20. The van der Waals surface area contributed by atoms with Crippen molar-refractivity contribution in [1.29, 1.82) is 0 Å². The van der Waals surface area contributed by atoms with Crippen molar-refractivity contribution in [1.82, 2.24) is 0 Å². The summed E-state index contributed by atoms with van der Waals surface area (Å²) < 4.78 is 42.7. The lowest BCUT2D eigenvalue weighted by Gasteiger charge is -2.17. The second kappa shape index (κ2) is 6.09. The zero-order valence-electron chi connectivity index (χ0n) is 10.6. The van der Waals surface area contributed by atoms with E-state index in [0.29, 0.717) is 5.56 Å². The van der Waals surface area contributed by atoms with E-state index in [4.69, 9.17) is 10.5 Å². The first kappa shape index (κ1) is 14.8. The van der Waals surface area contributed by atoms with Crippen molar-refractivity contribution >= 4 is 0 Å². The molecule has 0 radical (unpaired) electrons. The van der Waals surface area contributed by atoms with Crippen LogP contribution in [0.15, 0.2) is 18.2 Å². The van der Waals surface area contributed by atoms with Crippen LogP contribution >= 0.6 is 0 Å². The van der Waals surface area contributed by atoms with Gasteiger partial charge in [0.1, 0.15) is 5.75 Å². The molecule has 0 aromatic heterocycles. The summed E-state index contributed by atoms with van der Waals surface area (Å²) in [5, 5.41) is 0. The van der Waals surface area contributed by atoms with Crippen LogP contribution in [0.25, 0.3) is 0 Å². The summed E-state index contributed by atoms with van der Waals surface area (Å²) in [6.07, 6.45) is -1.69. The Labute approximate surface area is 105 Å². The highest BCUT2D eigenvalue weighted by atomic mass is 19.4. The van der Waals surface area contributed by atoms with Crippen LogP contribution in [0.3, 0.4) is 0 Å². The molecule has 0 aliphatic rings. The maximum Gasteiger partial charge on any atom is 0.416 e. The third kappa shape index (κ3) is 3.63. The van der Waals surface area contributed by atoms with Gasteiger partial charge in [0.2, 0.25) is 0 Å². The SMILES string of the molecule is CCCC[C@@H](N)c1ccc(C(F)(F)F)cc1OC. The van der Waals surface area contributed by atoms with Crippen LogP contribution in [0.2, 0.25) is 0 Å². The van der Waals surface area contributed by atoms with Crippen LogP contribution in [-0.2, 0) is 6.18 Å². The molecule has 0 heterocycles. The van der Waals surface area contributed by atoms with E-state index in [9.17, 15) is 13.2 Å². The van der Waals surface area contributed by atoms with Crippen LogP contribution in [0.1, 0.15) is 43.4 Å². The Morgan fingerprint density at radius 2 is 2.00 bits per heavy atom. The molecule has 18 heavy (non-hydrogen) atoms. The molecule has 0 fully saturated rings. The molecule has 1 aromatic carbocycles. The molecule has 0 aliphatic carbocycles. The minimum absolute atomic E-state index is 0.202. The topological polar surface area (TPSA) is 35.2 Å². The monoisotopic (exact) mass is 261 g/mol. The van der Waals surface area contributed by atoms with Crippen molar-refractivity contribution in [3.8, 4) is 5.75 Å². The first-order valence-corrected chi connectivity index (χ1v) is 5.90. The molecule has 0 aliphatic heterocycles. The van der Waals surface area contributed by atoms with Crippen molar-refractivity contribution in [2.45, 2.75) is 38.4 Å². The van der Waals surface area contributed by atoms with Crippen LogP contribution < -0.4 is 10.5 Å². The van der Waals surface area contributed by atoms with Gasteiger partial charge in [-0.2, -0.15) is 13.2 Å². The molecule has 1 rings (SSSR count). The van der Waals surface area contributed by atoms with E-state index in [1.807, 2.05) is 6.92 Å². The fourth-order valence-electron chi connectivity index (χ4n) is 1.77. The predicted octanol–water partition coefficient (Wildman–Crippen LogP) is 3.90. The second-order valence-electron chi connectivity index (χ2n) is 4.20. The zero-order chi connectivity index (χ0) is 13.8. The van der Waals surface area contributed by atoms with Crippen LogP contribution in [0.5, 0.6) is 5.75 Å². The van der Waals surface area contributed by atoms with Crippen molar-refractivity contribution in [3.63, 3.8) is 0 Å². The molecule has 5 heteroatoms. The van der Waals surface area contributed by atoms with Crippen LogP contribution in [0, 0.1) is 0 Å². The van der Waals surface area contributed by atoms with E-state index < -0.39 is 11.7 Å². The first-order valence-electron chi connectivity index (χ1n) is 5.90. The number of methoxy groups -OCH3 is 1. The molecule has 0 saturated carbocycles. The Bertz CT molecular complexity index is 390. The lowest BCUT2D eigenvalue weighted by Crippen LogP contribution is -2.13. The number of rotatable bonds is 5. The van der Waals surface area contributed by atoms with E-state index in [1.54, 1.807) is 0 Å². The third-order valence-electron chi connectivity index (χ3n) is 2.83. The quantitative estimate of drug-likeness (QED) is 0.872. The Morgan fingerprint density at radius 1 is 1.33 bits per heavy atom. The van der Waals surface area contributed by atoms with Crippen molar-refractivity contribution in [2.75, 3.05) is 7.11 Å². The Kier molecular flexibility index (Phi) is 5.02. The summed E-state index contributed by atoms with van der Waals surface area (Å²) in [6, 6.07) is 3.16. The Morgan fingerprint density at radius 3 is 2.50 bits per heavy atom. The molecule has 1 aromatic rings. The van der Waals surface area contributed by atoms with Gasteiger partial charge in [0.25, 0.3) is 0 Å². The average Bonchev–Trinajstić information content (AvgIpc) is 2.34. The summed E-state index contributed by atoms with van der Waals surface area (Å²) in [5.41, 5.74) is 5.86. The highest BCUT2D eigenvalue weighted by Crippen LogP contribution is 2.35. The molecule has 2 nitrogen and oxygen atoms in total. The first-order chi connectivity index (χ1) is 8.40. The largest absolute Gasteiger partial charge is 0.496 e. The summed E-state index contributed by atoms with van der Waals surface area (Å²) in [7, 11) is 1.35. The maximum atomic E-state index is 12.6. The van der Waals surface area contributed by atoms with Gasteiger partial charge in [-0.3, -0.25) is 0 Å². The van der Waals surface area contributed by atoms with E-state index in [2.05, 4.69) is 0 Å². The standard InChI is InChI=1S/C13H18F3NO/c1-3-4-5-11(17)10-7-6-9(13(14,15)16)8-12(10)18-2/h6-8,11H,3-5,17H2,1-2H3/t11-/m1/s1. The number of halogens is 3. The van der Waals surface area contributed by atoms with E-state index in [1.165, 1.54) is 13.2 Å². The lowest BCUT2D eigenvalue weighted by molar-refractivity contribution is -0.137. The predicted molar refractivity (Wildman–Crippen MR) is 64.4 cm³/mol. The average molecular weight is 261 g/mol. The summed E-state index contributed by atoms with van der Waals surface area (Å²) in [5.74, 6) is 0.202. The van der Waals surface area contributed by atoms with Gasteiger partial charge >= 0.3 is 6.18 Å². The fourth-order valence-corrected chi connectivity index (χ4v) is 1.77. The van der Waals surface area contributed by atoms with E-state index in [0.717, 1.165) is 31.4 Å². The van der Waals surface area contributed by atoms with Gasteiger partial charge in [-0.15, -0.1) is 0 Å². The van der Waals surface area contributed by atoms with Gasteiger partial charge in [0.15, 0.2) is 0 Å². The number of alkyl halides is 3. The van der Waals surface area contributed by atoms with Crippen molar-refractivity contribution in [2.24, 2.45) is 5.73 Å². The van der Waals surface area contributed by atoms with Crippen LogP contribution in [-0.4, -0.2) is 7.11 Å². The van der Waals surface area contributed by atoms with E-state index in [-0.39, 0.29) is 11.8 Å². The fraction of sp³-hybridized carbons (Fsp3) is 0.538. The zero-order valence-corrected chi connectivity index (χ0v) is 10.6. The third-order valence-corrected chi connectivity index (χ3v) is 2.83. The van der Waals surface area contributed by atoms with Gasteiger partial charge in [-0.05, 0) is 18.6 Å².